The molecule has 0 saturated carbocycles. The van der Waals surface area contributed by atoms with Gasteiger partial charge in [-0.15, -0.1) is 6.58 Å². The van der Waals surface area contributed by atoms with E-state index >= 15 is 0 Å². The minimum atomic E-state index is 1.09. The summed E-state index contributed by atoms with van der Waals surface area (Å²) in [7, 11) is 0. The number of unbranched alkanes of at least 4 members (excludes halogenated alkanes) is 1. The first-order valence-corrected chi connectivity index (χ1v) is 4.08. The molecule has 0 aromatic heterocycles. The van der Waals surface area contributed by atoms with E-state index in [1.54, 1.807) is 0 Å². The molecule has 0 aromatic rings. The summed E-state index contributed by atoms with van der Waals surface area (Å²) in [5.41, 5.74) is 1.38. The molecule has 0 aromatic carbocycles. The first-order chi connectivity index (χ1) is 4.81. The Bertz CT molecular complexity index is 101. The van der Waals surface area contributed by atoms with Crippen LogP contribution in [0.5, 0.6) is 0 Å². The van der Waals surface area contributed by atoms with Gasteiger partial charge in [-0.05, 0) is 25.7 Å². The fourth-order valence-corrected chi connectivity index (χ4v) is 0.858. The van der Waals surface area contributed by atoms with Crippen molar-refractivity contribution in [2.75, 3.05) is 0 Å². The summed E-state index contributed by atoms with van der Waals surface area (Å²) in [6, 6.07) is 0. The van der Waals surface area contributed by atoms with Gasteiger partial charge < -0.3 is 0 Å². The van der Waals surface area contributed by atoms with Gasteiger partial charge in [0.25, 0.3) is 0 Å². The van der Waals surface area contributed by atoms with Gasteiger partial charge >= 0.3 is 0 Å². The van der Waals surface area contributed by atoms with Crippen LogP contribution in [0.1, 0.15) is 39.0 Å². The van der Waals surface area contributed by atoms with Gasteiger partial charge in [-0.1, -0.05) is 31.6 Å². The van der Waals surface area contributed by atoms with Crippen LogP contribution in [0.25, 0.3) is 0 Å². The lowest BCUT2D eigenvalue weighted by Crippen LogP contribution is -1.80. The average molecular weight is 138 g/mol. The van der Waals surface area contributed by atoms with Crippen LogP contribution < -0.4 is 0 Å². The monoisotopic (exact) mass is 138 g/mol. The highest BCUT2D eigenvalue weighted by atomic mass is 14.0. The molecule has 0 N–H and O–H groups in total. The molecule has 0 fully saturated rings. The van der Waals surface area contributed by atoms with Crippen molar-refractivity contribution >= 4 is 0 Å². The van der Waals surface area contributed by atoms with Crippen molar-refractivity contribution in [3.63, 3.8) is 0 Å². The maximum absolute atomic E-state index is 3.98. The maximum atomic E-state index is 3.98. The third kappa shape index (κ3) is 5.61. The SMILES string of the molecule is C=CCCC(=C)CCCC. The Balaban J connectivity index is 3.16. The van der Waals surface area contributed by atoms with Crippen LogP contribution in [0.4, 0.5) is 0 Å². The van der Waals surface area contributed by atoms with E-state index < -0.39 is 0 Å². The molecular weight excluding hydrogens is 120 g/mol. The van der Waals surface area contributed by atoms with Crippen molar-refractivity contribution in [2.24, 2.45) is 0 Å². The maximum Gasteiger partial charge on any atom is -0.0288 e. The molecule has 10 heavy (non-hydrogen) atoms. The highest BCUT2D eigenvalue weighted by Gasteiger charge is 1.90. The van der Waals surface area contributed by atoms with Crippen molar-refractivity contribution in [1.82, 2.24) is 0 Å². The molecule has 0 aliphatic heterocycles. The molecule has 0 atom stereocenters. The third-order valence-corrected chi connectivity index (χ3v) is 1.59. The van der Waals surface area contributed by atoms with Crippen LogP contribution in [0, 0.1) is 0 Å². The van der Waals surface area contributed by atoms with Crippen LogP contribution in [-0.4, -0.2) is 0 Å². The van der Waals surface area contributed by atoms with E-state index in [1.165, 1.54) is 24.8 Å². The normalized spacial score (nSPS) is 9.30. The second-order valence-corrected chi connectivity index (χ2v) is 2.68. The van der Waals surface area contributed by atoms with Crippen molar-refractivity contribution in [2.45, 2.75) is 39.0 Å². The Morgan fingerprint density at radius 1 is 1.40 bits per heavy atom. The molecule has 0 amide bonds. The molecule has 0 saturated heterocycles. The van der Waals surface area contributed by atoms with E-state index in [-0.39, 0.29) is 0 Å². The fraction of sp³-hybridized carbons (Fsp3) is 0.600. The van der Waals surface area contributed by atoms with Gasteiger partial charge in [-0.25, -0.2) is 0 Å². The Morgan fingerprint density at radius 2 is 2.10 bits per heavy atom. The van der Waals surface area contributed by atoms with Gasteiger partial charge in [0, 0.05) is 0 Å². The Labute approximate surface area is 64.6 Å². The van der Waals surface area contributed by atoms with E-state index in [1.807, 2.05) is 6.08 Å². The minimum absolute atomic E-state index is 1.09. The third-order valence-electron chi connectivity index (χ3n) is 1.59. The molecule has 0 spiro atoms. The lowest BCUT2D eigenvalue weighted by atomic mass is 10.1. The van der Waals surface area contributed by atoms with Crippen LogP contribution in [0.3, 0.4) is 0 Å². The number of hydrogen-bond donors (Lipinski definition) is 0. The standard InChI is InChI=1S/C10H18/c1-4-6-8-10(3)9-7-5-2/h4H,1,3,5-9H2,2H3. The van der Waals surface area contributed by atoms with Gasteiger partial charge in [0.15, 0.2) is 0 Å². The van der Waals surface area contributed by atoms with Gasteiger partial charge in [0.1, 0.15) is 0 Å². The van der Waals surface area contributed by atoms with E-state index in [4.69, 9.17) is 0 Å². The summed E-state index contributed by atoms with van der Waals surface area (Å²) in [5, 5.41) is 0. The van der Waals surface area contributed by atoms with Gasteiger partial charge in [-0.2, -0.15) is 0 Å². The zero-order valence-corrected chi connectivity index (χ0v) is 7.03. The minimum Gasteiger partial charge on any atom is -0.103 e. The number of rotatable bonds is 6. The highest BCUT2D eigenvalue weighted by Crippen LogP contribution is 2.10. The predicted octanol–water partition coefficient (Wildman–Crippen LogP) is 3.70. The Kier molecular flexibility index (Phi) is 6.25. The van der Waals surface area contributed by atoms with E-state index in [9.17, 15) is 0 Å². The van der Waals surface area contributed by atoms with Crippen molar-refractivity contribution in [3.8, 4) is 0 Å². The van der Waals surface area contributed by atoms with Gasteiger partial charge in [-0.3, -0.25) is 0 Å². The molecular formula is C10H18. The van der Waals surface area contributed by atoms with Crippen molar-refractivity contribution < 1.29 is 0 Å². The molecule has 0 aliphatic rings. The van der Waals surface area contributed by atoms with Gasteiger partial charge in [0.2, 0.25) is 0 Å². The second kappa shape index (κ2) is 6.60. The molecule has 58 valence electrons. The second-order valence-electron chi connectivity index (χ2n) is 2.68. The predicted molar refractivity (Wildman–Crippen MR) is 48.1 cm³/mol. The Morgan fingerprint density at radius 3 is 2.60 bits per heavy atom. The first-order valence-electron chi connectivity index (χ1n) is 4.08. The van der Waals surface area contributed by atoms with Crippen LogP contribution in [0.2, 0.25) is 0 Å². The Hall–Kier alpha value is -0.520. The largest absolute Gasteiger partial charge is 0.103 e. The van der Waals surface area contributed by atoms with E-state index in [2.05, 4.69) is 20.1 Å². The summed E-state index contributed by atoms with van der Waals surface area (Å²) in [4.78, 5) is 0. The summed E-state index contributed by atoms with van der Waals surface area (Å²) in [6.45, 7) is 9.86. The van der Waals surface area contributed by atoms with Gasteiger partial charge in [0.05, 0.1) is 0 Å². The summed E-state index contributed by atoms with van der Waals surface area (Å²) < 4.78 is 0. The molecule has 0 unspecified atom stereocenters. The summed E-state index contributed by atoms with van der Waals surface area (Å²) >= 11 is 0. The zero-order chi connectivity index (χ0) is 7.82. The molecule has 0 heteroatoms. The lowest BCUT2D eigenvalue weighted by Gasteiger charge is -2.00. The van der Waals surface area contributed by atoms with Crippen molar-refractivity contribution in [3.05, 3.63) is 24.8 Å². The lowest BCUT2D eigenvalue weighted by molar-refractivity contribution is 0.757. The number of allylic oxidation sites excluding steroid dienone is 2. The number of hydrogen-bond acceptors (Lipinski definition) is 0. The van der Waals surface area contributed by atoms with Crippen LogP contribution in [0.15, 0.2) is 24.8 Å². The average Bonchev–Trinajstić information content (AvgIpc) is 1.97. The molecule has 0 heterocycles. The first kappa shape index (κ1) is 9.48. The topological polar surface area (TPSA) is 0 Å². The van der Waals surface area contributed by atoms with Crippen LogP contribution >= 0.6 is 0 Å². The summed E-state index contributed by atoms with van der Waals surface area (Å²) in [5.74, 6) is 0. The van der Waals surface area contributed by atoms with E-state index in [0.29, 0.717) is 0 Å². The quantitative estimate of drug-likeness (QED) is 0.491. The van der Waals surface area contributed by atoms with Crippen LogP contribution in [-0.2, 0) is 0 Å². The smallest absolute Gasteiger partial charge is 0.0288 e. The highest BCUT2D eigenvalue weighted by molar-refractivity contribution is 4.95. The summed E-state index contributed by atoms with van der Waals surface area (Å²) in [6.07, 6.45) is 7.93. The molecule has 0 nitrogen and oxygen atoms in total. The van der Waals surface area contributed by atoms with Crippen molar-refractivity contribution in [1.29, 1.82) is 0 Å². The molecule has 0 bridgehead atoms. The fourth-order valence-electron chi connectivity index (χ4n) is 0.858. The molecule has 0 rings (SSSR count). The molecule has 0 radical (unpaired) electrons. The van der Waals surface area contributed by atoms with E-state index in [0.717, 1.165) is 12.8 Å². The molecule has 0 aliphatic carbocycles. The zero-order valence-electron chi connectivity index (χ0n) is 7.03.